The van der Waals surface area contributed by atoms with Crippen LogP contribution in [0.4, 0.5) is 11.4 Å². The SMILES string of the molecule is O=C(CC(=O)N1CCCc2ccccc21)Nc1ccc(Oc2ccccc2)cc1. The average molecular weight is 386 g/mol. The number of fused-ring (bicyclic) bond motifs is 1. The second-order valence-electron chi connectivity index (χ2n) is 6.94. The first-order valence-electron chi connectivity index (χ1n) is 9.70. The van der Waals surface area contributed by atoms with Gasteiger partial charge in [-0.25, -0.2) is 0 Å². The van der Waals surface area contributed by atoms with E-state index in [4.69, 9.17) is 4.74 Å². The van der Waals surface area contributed by atoms with Gasteiger partial charge in [0, 0.05) is 17.9 Å². The van der Waals surface area contributed by atoms with Gasteiger partial charge in [-0.2, -0.15) is 0 Å². The first kappa shape index (κ1) is 18.7. The van der Waals surface area contributed by atoms with Crippen molar-refractivity contribution >= 4 is 23.2 Å². The highest BCUT2D eigenvalue weighted by Gasteiger charge is 2.23. The molecule has 0 bridgehead atoms. The van der Waals surface area contributed by atoms with Gasteiger partial charge in [0.2, 0.25) is 11.8 Å². The summed E-state index contributed by atoms with van der Waals surface area (Å²) in [6.45, 7) is 0.647. The number of amides is 2. The number of para-hydroxylation sites is 2. The Balaban J connectivity index is 1.34. The molecule has 146 valence electrons. The molecule has 3 aromatic carbocycles. The van der Waals surface area contributed by atoms with Crippen LogP contribution in [0.15, 0.2) is 78.9 Å². The van der Waals surface area contributed by atoms with E-state index < -0.39 is 0 Å². The maximum absolute atomic E-state index is 12.7. The van der Waals surface area contributed by atoms with E-state index in [0.29, 0.717) is 18.0 Å². The van der Waals surface area contributed by atoms with Crippen LogP contribution in [0.25, 0.3) is 0 Å². The molecule has 1 aliphatic rings. The van der Waals surface area contributed by atoms with Crippen molar-refractivity contribution in [2.24, 2.45) is 0 Å². The molecular formula is C24H22N2O3. The molecular weight excluding hydrogens is 364 g/mol. The summed E-state index contributed by atoms with van der Waals surface area (Å²) in [4.78, 5) is 26.7. The highest BCUT2D eigenvalue weighted by Crippen LogP contribution is 2.27. The van der Waals surface area contributed by atoms with Crippen LogP contribution in [0.1, 0.15) is 18.4 Å². The number of carbonyl (C=O) groups is 2. The molecule has 1 N–H and O–H groups in total. The summed E-state index contributed by atoms with van der Waals surface area (Å²) in [7, 11) is 0. The summed E-state index contributed by atoms with van der Waals surface area (Å²) in [6.07, 6.45) is 1.69. The van der Waals surface area contributed by atoms with E-state index in [9.17, 15) is 9.59 Å². The second kappa shape index (κ2) is 8.61. The first-order chi connectivity index (χ1) is 14.2. The standard InChI is InChI=1S/C24H22N2O3/c27-23(17-24(28)26-16-6-8-18-7-4-5-11-22(18)26)25-19-12-14-21(15-13-19)29-20-9-2-1-3-10-20/h1-5,7,9-15H,6,8,16-17H2,(H,25,27). The molecule has 3 aromatic rings. The number of carbonyl (C=O) groups excluding carboxylic acids is 2. The smallest absolute Gasteiger partial charge is 0.236 e. The van der Waals surface area contributed by atoms with Gasteiger partial charge in [0.1, 0.15) is 17.9 Å². The van der Waals surface area contributed by atoms with Gasteiger partial charge < -0.3 is 15.0 Å². The van der Waals surface area contributed by atoms with Gasteiger partial charge in [-0.15, -0.1) is 0 Å². The number of benzene rings is 3. The summed E-state index contributed by atoms with van der Waals surface area (Å²) in [5.41, 5.74) is 2.70. The number of nitrogens with one attached hydrogen (secondary N) is 1. The number of hydrogen-bond acceptors (Lipinski definition) is 3. The van der Waals surface area contributed by atoms with Gasteiger partial charge in [0.05, 0.1) is 0 Å². The Morgan fingerprint density at radius 3 is 2.34 bits per heavy atom. The summed E-state index contributed by atoms with van der Waals surface area (Å²) in [5, 5.41) is 2.78. The van der Waals surface area contributed by atoms with Crippen LogP contribution in [0, 0.1) is 0 Å². The van der Waals surface area contributed by atoms with E-state index in [1.54, 1.807) is 29.2 Å². The van der Waals surface area contributed by atoms with Crippen LogP contribution < -0.4 is 15.0 Å². The van der Waals surface area contributed by atoms with Crippen molar-refractivity contribution in [1.82, 2.24) is 0 Å². The monoisotopic (exact) mass is 386 g/mol. The van der Waals surface area contributed by atoms with Crippen molar-refractivity contribution in [2.45, 2.75) is 19.3 Å². The van der Waals surface area contributed by atoms with Gasteiger partial charge in [-0.3, -0.25) is 9.59 Å². The number of anilines is 2. The third kappa shape index (κ3) is 4.63. The van der Waals surface area contributed by atoms with E-state index in [0.717, 1.165) is 29.8 Å². The third-order valence-corrected chi connectivity index (χ3v) is 4.84. The minimum Gasteiger partial charge on any atom is -0.457 e. The molecule has 0 unspecified atom stereocenters. The molecule has 0 fully saturated rings. The Morgan fingerprint density at radius 1 is 0.862 bits per heavy atom. The lowest BCUT2D eigenvalue weighted by atomic mass is 10.0. The summed E-state index contributed by atoms with van der Waals surface area (Å²) in [6, 6.07) is 24.4. The normalized spacial score (nSPS) is 12.8. The summed E-state index contributed by atoms with van der Waals surface area (Å²) < 4.78 is 5.74. The molecule has 5 heteroatoms. The van der Waals surface area contributed by atoms with Gasteiger partial charge >= 0.3 is 0 Å². The predicted molar refractivity (Wildman–Crippen MR) is 113 cm³/mol. The fourth-order valence-corrected chi connectivity index (χ4v) is 3.46. The lowest BCUT2D eigenvalue weighted by Crippen LogP contribution is -2.37. The second-order valence-corrected chi connectivity index (χ2v) is 6.94. The molecule has 0 aromatic heterocycles. The largest absolute Gasteiger partial charge is 0.457 e. The maximum Gasteiger partial charge on any atom is 0.236 e. The van der Waals surface area contributed by atoms with Crippen LogP contribution in [0.3, 0.4) is 0 Å². The predicted octanol–water partition coefficient (Wildman–Crippen LogP) is 4.79. The minimum atomic E-state index is -0.324. The maximum atomic E-state index is 12.7. The van der Waals surface area contributed by atoms with Gasteiger partial charge in [0.15, 0.2) is 0 Å². The van der Waals surface area contributed by atoms with Crippen LogP contribution >= 0.6 is 0 Å². The van der Waals surface area contributed by atoms with E-state index in [1.165, 1.54) is 0 Å². The molecule has 0 spiro atoms. The Hall–Kier alpha value is -3.60. The Bertz CT molecular complexity index is 1000. The number of nitrogens with zero attached hydrogens (tertiary/aromatic N) is 1. The fraction of sp³-hybridized carbons (Fsp3) is 0.167. The number of hydrogen-bond donors (Lipinski definition) is 1. The van der Waals surface area contributed by atoms with Crippen molar-refractivity contribution in [2.75, 3.05) is 16.8 Å². The zero-order valence-corrected chi connectivity index (χ0v) is 16.0. The van der Waals surface area contributed by atoms with E-state index in [-0.39, 0.29) is 18.2 Å². The fourth-order valence-electron chi connectivity index (χ4n) is 3.46. The van der Waals surface area contributed by atoms with Gasteiger partial charge in [0.25, 0.3) is 0 Å². The lowest BCUT2D eigenvalue weighted by Gasteiger charge is -2.29. The Morgan fingerprint density at radius 2 is 1.55 bits per heavy atom. The zero-order chi connectivity index (χ0) is 20.1. The molecule has 0 aliphatic carbocycles. The quantitative estimate of drug-likeness (QED) is 0.642. The molecule has 4 rings (SSSR count). The third-order valence-electron chi connectivity index (χ3n) is 4.84. The van der Waals surface area contributed by atoms with Crippen molar-refractivity contribution in [3.63, 3.8) is 0 Å². The van der Waals surface area contributed by atoms with E-state index in [2.05, 4.69) is 5.32 Å². The van der Waals surface area contributed by atoms with Crippen molar-refractivity contribution < 1.29 is 14.3 Å². The topological polar surface area (TPSA) is 58.6 Å². The molecule has 2 amide bonds. The van der Waals surface area contributed by atoms with Crippen molar-refractivity contribution in [3.05, 3.63) is 84.4 Å². The Labute approximate surface area is 169 Å². The number of aryl methyl sites for hydroxylation is 1. The molecule has 0 saturated carbocycles. The van der Waals surface area contributed by atoms with Crippen LogP contribution in [0.2, 0.25) is 0 Å². The van der Waals surface area contributed by atoms with Crippen LogP contribution in [0.5, 0.6) is 11.5 Å². The zero-order valence-electron chi connectivity index (χ0n) is 16.0. The summed E-state index contributed by atoms with van der Waals surface area (Å²) >= 11 is 0. The van der Waals surface area contributed by atoms with Crippen LogP contribution in [-0.2, 0) is 16.0 Å². The Kier molecular flexibility index (Phi) is 5.56. The van der Waals surface area contributed by atoms with Gasteiger partial charge in [-0.1, -0.05) is 36.4 Å². The first-order valence-corrected chi connectivity index (χ1v) is 9.70. The van der Waals surface area contributed by atoms with E-state index in [1.807, 2.05) is 54.6 Å². The highest BCUT2D eigenvalue weighted by molar-refractivity contribution is 6.09. The van der Waals surface area contributed by atoms with Crippen molar-refractivity contribution in [1.29, 1.82) is 0 Å². The molecule has 5 nitrogen and oxygen atoms in total. The minimum absolute atomic E-state index is 0.182. The molecule has 0 radical (unpaired) electrons. The lowest BCUT2D eigenvalue weighted by molar-refractivity contribution is -0.125. The number of ether oxygens (including phenoxy) is 1. The van der Waals surface area contributed by atoms with Crippen molar-refractivity contribution in [3.8, 4) is 11.5 Å². The van der Waals surface area contributed by atoms with Gasteiger partial charge in [-0.05, 0) is 60.9 Å². The average Bonchev–Trinajstić information content (AvgIpc) is 2.75. The van der Waals surface area contributed by atoms with E-state index >= 15 is 0 Å². The molecule has 0 atom stereocenters. The van der Waals surface area contributed by atoms with Crippen LogP contribution in [-0.4, -0.2) is 18.4 Å². The summed E-state index contributed by atoms with van der Waals surface area (Å²) in [5.74, 6) is 0.917. The molecule has 1 aliphatic heterocycles. The molecule has 0 saturated heterocycles. The highest BCUT2D eigenvalue weighted by atomic mass is 16.5. The molecule has 1 heterocycles. The molecule has 29 heavy (non-hydrogen) atoms. The number of rotatable bonds is 5.